The first-order chi connectivity index (χ1) is 4.81. The standard InChI is InChI=1S/C9H12O/c1-4-6-7-9(3)8-10-5-2/h4-7H,1-3,8H2/b7-6-. The Balaban J connectivity index is 3.52. The summed E-state index contributed by atoms with van der Waals surface area (Å²) >= 11 is 0. The van der Waals surface area contributed by atoms with E-state index in [-0.39, 0.29) is 0 Å². The fourth-order valence-corrected chi connectivity index (χ4v) is 0.418. The smallest absolute Gasteiger partial charge is 0.112 e. The van der Waals surface area contributed by atoms with E-state index in [1.807, 2.05) is 12.2 Å². The molecule has 0 saturated heterocycles. The van der Waals surface area contributed by atoms with Crippen LogP contribution in [-0.2, 0) is 4.74 Å². The van der Waals surface area contributed by atoms with E-state index in [0.29, 0.717) is 6.61 Å². The molecule has 54 valence electrons. The molecule has 0 heterocycles. The number of hydrogen-bond donors (Lipinski definition) is 0. The van der Waals surface area contributed by atoms with E-state index < -0.39 is 0 Å². The third kappa shape index (κ3) is 4.91. The van der Waals surface area contributed by atoms with Crippen molar-refractivity contribution in [3.63, 3.8) is 0 Å². The van der Waals surface area contributed by atoms with E-state index in [0.717, 1.165) is 5.57 Å². The van der Waals surface area contributed by atoms with Crippen LogP contribution in [0.25, 0.3) is 0 Å². The highest BCUT2D eigenvalue weighted by Gasteiger charge is 1.83. The van der Waals surface area contributed by atoms with Crippen molar-refractivity contribution in [2.24, 2.45) is 0 Å². The molecule has 0 aromatic carbocycles. The Bertz CT molecular complexity index is 154. The van der Waals surface area contributed by atoms with Crippen LogP contribution in [0.1, 0.15) is 0 Å². The molecular weight excluding hydrogens is 124 g/mol. The van der Waals surface area contributed by atoms with Gasteiger partial charge in [-0.1, -0.05) is 38.0 Å². The minimum Gasteiger partial charge on any atom is -0.497 e. The molecule has 0 rings (SSSR count). The molecule has 1 heteroatoms. The maximum atomic E-state index is 4.87. The van der Waals surface area contributed by atoms with E-state index in [2.05, 4.69) is 19.7 Å². The van der Waals surface area contributed by atoms with Crippen molar-refractivity contribution in [2.45, 2.75) is 0 Å². The van der Waals surface area contributed by atoms with Crippen LogP contribution < -0.4 is 0 Å². The van der Waals surface area contributed by atoms with Crippen LogP contribution >= 0.6 is 0 Å². The molecule has 0 saturated carbocycles. The van der Waals surface area contributed by atoms with E-state index in [1.165, 1.54) is 6.26 Å². The normalized spacial score (nSPS) is 9.20. The van der Waals surface area contributed by atoms with Gasteiger partial charge in [0.1, 0.15) is 6.61 Å². The summed E-state index contributed by atoms with van der Waals surface area (Å²) in [5.41, 5.74) is 0.903. The highest BCUT2D eigenvalue weighted by Crippen LogP contribution is 1.93. The first kappa shape index (κ1) is 8.76. The van der Waals surface area contributed by atoms with Crippen LogP contribution in [0, 0.1) is 0 Å². The minimum atomic E-state index is 0.494. The molecule has 0 aliphatic carbocycles. The molecule has 0 aliphatic heterocycles. The molecule has 0 spiro atoms. The molecule has 0 unspecified atom stereocenters. The van der Waals surface area contributed by atoms with Gasteiger partial charge in [0.2, 0.25) is 0 Å². The van der Waals surface area contributed by atoms with Crippen LogP contribution in [0.4, 0.5) is 0 Å². The van der Waals surface area contributed by atoms with Crippen LogP contribution in [0.15, 0.2) is 49.8 Å². The second-order valence-corrected chi connectivity index (χ2v) is 1.73. The van der Waals surface area contributed by atoms with Crippen molar-refractivity contribution in [1.29, 1.82) is 0 Å². The third-order valence-corrected chi connectivity index (χ3v) is 0.855. The fraction of sp³-hybridized carbons (Fsp3) is 0.111. The lowest BCUT2D eigenvalue weighted by Crippen LogP contribution is -1.86. The maximum Gasteiger partial charge on any atom is 0.112 e. The lowest BCUT2D eigenvalue weighted by molar-refractivity contribution is 0.285. The summed E-state index contributed by atoms with van der Waals surface area (Å²) in [6.07, 6.45) is 6.75. The molecule has 0 N–H and O–H groups in total. The Labute approximate surface area is 62.0 Å². The lowest BCUT2D eigenvalue weighted by atomic mass is 10.3. The Hall–Kier alpha value is -1.24. The van der Waals surface area contributed by atoms with Gasteiger partial charge in [-0.2, -0.15) is 0 Å². The fourth-order valence-electron chi connectivity index (χ4n) is 0.418. The molecule has 10 heavy (non-hydrogen) atoms. The first-order valence-corrected chi connectivity index (χ1v) is 3.00. The summed E-state index contributed by atoms with van der Waals surface area (Å²) in [5.74, 6) is 0. The summed E-state index contributed by atoms with van der Waals surface area (Å²) < 4.78 is 4.87. The quantitative estimate of drug-likeness (QED) is 0.416. The van der Waals surface area contributed by atoms with Gasteiger partial charge in [-0.05, 0) is 5.57 Å². The van der Waals surface area contributed by atoms with Crippen molar-refractivity contribution >= 4 is 0 Å². The summed E-state index contributed by atoms with van der Waals surface area (Å²) in [7, 11) is 0. The van der Waals surface area contributed by atoms with Crippen molar-refractivity contribution in [3.05, 3.63) is 49.8 Å². The minimum absolute atomic E-state index is 0.494. The Morgan fingerprint density at radius 3 is 2.60 bits per heavy atom. The summed E-state index contributed by atoms with van der Waals surface area (Å²) in [6, 6.07) is 0. The Morgan fingerprint density at radius 2 is 2.10 bits per heavy atom. The SMILES string of the molecule is C=C/C=C\C(=C)COC=C. The van der Waals surface area contributed by atoms with E-state index in [9.17, 15) is 0 Å². The van der Waals surface area contributed by atoms with Crippen LogP contribution in [-0.4, -0.2) is 6.61 Å². The lowest BCUT2D eigenvalue weighted by Gasteiger charge is -1.97. The van der Waals surface area contributed by atoms with E-state index >= 15 is 0 Å². The summed E-state index contributed by atoms with van der Waals surface area (Å²) in [6.45, 7) is 11.1. The number of hydrogen-bond acceptors (Lipinski definition) is 1. The average Bonchev–Trinajstić information content (AvgIpc) is 1.97. The number of allylic oxidation sites excluding steroid dienone is 2. The molecular formula is C9H12O. The Kier molecular flexibility index (Phi) is 5.16. The van der Waals surface area contributed by atoms with Gasteiger partial charge < -0.3 is 4.74 Å². The van der Waals surface area contributed by atoms with Gasteiger partial charge in [0.15, 0.2) is 0 Å². The summed E-state index contributed by atoms with van der Waals surface area (Å²) in [5, 5.41) is 0. The zero-order valence-corrected chi connectivity index (χ0v) is 6.05. The number of ether oxygens (including phenoxy) is 1. The first-order valence-electron chi connectivity index (χ1n) is 3.00. The third-order valence-electron chi connectivity index (χ3n) is 0.855. The van der Waals surface area contributed by atoms with Crippen LogP contribution in [0.5, 0.6) is 0 Å². The molecule has 0 aliphatic rings. The van der Waals surface area contributed by atoms with Gasteiger partial charge in [-0.3, -0.25) is 0 Å². The second-order valence-electron chi connectivity index (χ2n) is 1.73. The summed E-state index contributed by atoms with van der Waals surface area (Å²) in [4.78, 5) is 0. The second kappa shape index (κ2) is 5.89. The Morgan fingerprint density at radius 1 is 1.40 bits per heavy atom. The zero-order valence-electron chi connectivity index (χ0n) is 6.05. The van der Waals surface area contributed by atoms with E-state index in [1.54, 1.807) is 6.08 Å². The van der Waals surface area contributed by atoms with Gasteiger partial charge in [-0.15, -0.1) is 0 Å². The number of rotatable bonds is 5. The molecule has 0 fully saturated rings. The molecule has 1 nitrogen and oxygen atoms in total. The van der Waals surface area contributed by atoms with Crippen LogP contribution in [0.2, 0.25) is 0 Å². The van der Waals surface area contributed by atoms with Crippen molar-refractivity contribution in [1.82, 2.24) is 0 Å². The van der Waals surface area contributed by atoms with Gasteiger partial charge in [0.25, 0.3) is 0 Å². The monoisotopic (exact) mass is 136 g/mol. The largest absolute Gasteiger partial charge is 0.497 e. The van der Waals surface area contributed by atoms with Crippen molar-refractivity contribution < 1.29 is 4.74 Å². The van der Waals surface area contributed by atoms with Crippen LogP contribution in [0.3, 0.4) is 0 Å². The van der Waals surface area contributed by atoms with Gasteiger partial charge >= 0.3 is 0 Å². The molecule has 0 atom stereocenters. The molecule has 0 amide bonds. The van der Waals surface area contributed by atoms with Crippen molar-refractivity contribution in [3.8, 4) is 0 Å². The van der Waals surface area contributed by atoms with Gasteiger partial charge in [0.05, 0.1) is 6.26 Å². The average molecular weight is 136 g/mol. The van der Waals surface area contributed by atoms with Crippen molar-refractivity contribution in [2.75, 3.05) is 6.61 Å². The van der Waals surface area contributed by atoms with E-state index in [4.69, 9.17) is 4.74 Å². The molecule has 0 bridgehead atoms. The predicted octanol–water partition coefficient (Wildman–Crippen LogP) is 2.44. The maximum absolute atomic E-state index is 4.87. The van der Waals surface area contributed by atoms with Gasteiger partial charge in [0, 0.05) is 0 Å². The molecule has 0 aromatic rings. The molecule has 0 radical (unpaired) electrons. The molecule has 0 aromatic heterocycles. The highest BCUT2D eigenvalue weighted by atomic mass is 16.5. The predicted molar refractivity (Wildman–Crippen MR) is 44.6 cm³/mol. The topological polar surface area (TPSA) is 9.23 Å². The zero-order chi connectivity index (χ0) is 7.82. The van der Waals surface area contributed by atoms with Gasteiger partial charge in [-0.25, -0.2) is 0 Å². The highest BCUT2D eigenvalue weighted by molar-refractivity contribution is 5.18.